The first-order valence-corrected chi connectivity index (χ1v) is 7.54. The molecule has 4 aromatic heterocycles. The van der Waals surface area contributed by atoms with Crippen LogP contribution < -0.4 is 0 Å². The van der Waals surface area contributed by atoms with E-state index in [1.165, 1.54) is 17.3 Å². The third-order valence-corrected chi connectivity index (χ3v) is 3.72. The van der Waals surface area contributed by atoms with E-state index in [4.69, 9.17) is 0 Å². The minimum absolute atomic E-state index is 0.228. The number of nitrogens with one attached hydrogen (secondary N) is 1. The monoisotopic (exact) mass is 348 g/mol. The number of nitriles is 1. The Hall–Kier alpha value is -4.01. The topological polar surface area (TPSA) is 151 Å². The normalized spacial score (nSPS) is 11.5. The predicted molar refractivity (Wildman–Crippen MR) is 87.4 cm³/mol. The zero-order chi connectivity index (χ0) is 18.3. The number of hydrogen-bond acceptors (Lipinski definition) is 9. The van der Waals surface area contributed by atoms with Gasteiger partial charge < -0.3 is 0 Å². The van der Waals surface area contributed by atoms with Crippen LogP contribution in [0.5, 0.6) is 0 Å². The molecule has 12 heteroatoms. The molecule has 1 N–H and O–H groups in total. The van der Waals surface area contributed by atoms with Crippen molar-refractivity contribution >= 4 is 17.2 Å². The molecule has 4 aromatic rings. The maximum atomic E-state index is 9.46. The van der Waals surface area contributed by atoms with Crippen LogP contribution in [-0.2, 0) is 0 Å². The van der Waals surface area contributed by atoms with Crippen molar-refractivity contribution in [3.05, 3.63) is 35.4 Å². The van der Waals surface area contributed by atoms with Gasteiger partial charge in [0.2, 0.25) is 0 Å². The molecule has 0 aliphatic heterocycles. The Labute approximate surface area is 146 Å². The summed E-state index contributed by atoms with van der Waals surface area (Å²) in [4.78, 5) is 11.9. The highest BCUT2D eigenvalue weighted by Gasteiger charge is 2.19. The van der Waals surface area contributed by atoms with Gasteiger partial charge in [-0.15, -0.1) is 10.2 Å². The van der Waals surface area contributed by atoms with Crippen LogP contribution in [0.1, 0.15) is 22.8 Å². The molecular formula is C14H12N12. The number of H-pyrrole nitrogens is 1. The van der Waals surface area contributed by atoms with Gasteiger partial charge in [-0.2, -0.15) is 39.7 Å². The summed E-state index contributed by atoms with van der Waals surface area (Å²) in [5.74, 6) is 1.17. The number of rotatable bonds is 3. The van der Waals surface area contributed by atoms with Crippen molar-refractivity contribution in [3.63, 3.8) is 0 Å². The molecule has 0 fully saturated rings. The lowest BCUT2D eigenvalue weighted by molar-refractivity contribution is 0.781. The molecule has 0 saturated carbocycles. The summed E-state index contributed by atoms with van der Waals surface area (Å²) >= 11 is 0. The minimum atomic E-state index is 0.228. The van der Waals surface area contributed by atoms with Crippen molar-refractivity contribution in [2.24, 2.45) is 10.2 Å². The first-order valence-electron chi connectivity index (χ1n) is 7.54. The SMILES string of the molecule is Cc1nn(-c2ncncn2)c(/N=N/c2c(C)nn3c(C)n[nH]c23)c1C#N. The molecule has 0 aliphatic rings. The molecule has 26 heavy (non-hydrogen) atoms. The lowest BCUT2D eigenvalue weighted by Gasteiger charge is -1.99. The van der Waals surface area contributed by atoms with Gasteiger partial charge in [-0.05, 0) is 20.8 Å². The van der Waals surface area contributed by atoms with Crippen LogP contribution in [0.2, 0.25) is 0 Å². The Morgan fingerprint density at radius 3 is 2.58 bits per heavy atom. The fraction of sp³-hybridized carbons (Fsp3) is 0.214. The Morgan fingerprint density at radius 1 is 1.08 bits per heavy atom. The zero-order valence-corrected chi connectivity index (χ0v) is 14.1. The summed E-state index contributed by atoms with van der Waals surface area (Å²) in [7, 11) is 0. The van der Waals surface area contributed by atoms with Gasteiger partial charge in [0.05, 0.1) is 11.4 Å². The molecule has 4 rings (SSSR count). The quantitative estimate of drug-likeness (QED) is 0.552. The second-order valence-electron chi connectivity index (χ2n) is 5.41. The molecule has 0 aliphatic carbocycles. The van der Waals surface area contributed by atoms with Gasteiger partial charge in [0.15, 0.2) is 17.2 Å². The number of nitrogens with zero attached hydrogens (tertiary/aromatic N) is 11. The second kappa shape index (κ2) is 5.81. The molecule has 128 valence electrons. The number of hydrogen-bond donors (Lipinski definition) is 1. The second-order valence-corrected chi connectivity index (χ2v) is 5.41. The number of aromatic nitrogens is 9. The van der Waals surface area contributed by atoms with Crippen LogP contribution in [0.4, 0.5) is 11.5 Å². The van der Waals surface area contributed by atoms with Crippen LogP contribution in [0.25, 0.3) is 11.6 Å². The van der Waals surface area contributed by atoms with E-state index in [2.05, 4.69) is 51.6 Å². The molecule has 0 saturated heterocycles. The summed E-state index contributed by atoms with van der Waals surface area (Å²) in [6.07, 6.45) is 2.68. The molecule has 12 nitrogen and oxygen atoms in total. The average Bonchev–Trinajstić information content (AvgIpc) is 3.27. The van der Waals surface area contributed by atoms with Gasteiger partial charge in [-0.3, -0.25) is 5.10 Å². The van der Waals surface area contributed by atoms with Crippen LogP contribution in [-0.4, -0.2) is 44.5 Å². The molecule has 0 radical (unpaired) electrons. The van der Waals surface area contributed by atoms with Crippen LogP contribution in [0.15, 0.2) is 22.9 Å². The summed E-state index contributed by atoms with van der Waals surface area (Å²) < 4.78 is 3.00. The van der Waals surface area contributed by atoms with Crippen molar-refractivity contribution in [2.75, 3.05) is 0 Å². The van der Waals surface area contributed by atoms with Gasteiger partial charge in [0.1, 0.15) is 30.1 Å². The molecule has 0 spiro atoms. The Balaban J connectivity index is 1.87. The Bertz CT molecular complexity index is 1170. The number of aromatic amines is 1. The standard InChI is InChI=1S/C14H12N12/c1-7-10(4-15)12(26(23-7)14-17-5-16-6-18-14)21-20-11-8(2)24-25-9(3)19-22-13(11)25/h5-6,22H,1-3H3/b21-20+. The zero-order valence-electron chi connectivity index (χ0n) is 14.1. The highest BCUT2D eigenvalue weighted by atomic mass is 15.4. The van der Waals surface area contributed by atoms with Gasteiger partial charge in [-0.25, -0.2) is 4.98 Å². The maximum absolute atomic E-state index is 9.46. The number of fused-ring (bicyclic) bond motifs is 1. The third-order valence-electron chi connectivity index (χ3n) is 3.72. The highest BCUT2D eigenvalue weighted by molar-refractivity contribution is 5.66. The molecule has 0 aromatic carbocycles. The minimum Gasteiger partial charge on any atom is -0.258 e. The van der Waals surface area contributed by atoms with E-state index in [0.717, 1.165) is 0 Å². The van der Waals surface area contributed by atoms with Crippen molar-refractivity contribution in [2.45, 2.75) is 20.8 Å². The Morgan fingerprint density at radius 2 is 1.85 bits per heavy atom. The van der Waals surface area contributed by atoms with Gasteiger partial charge >= 0.3 is 0 Å². The largest absolute Gasteiger partial charge is 0.258 e. The van der Waals surface area contributed by atoms with Crippen LogP contribution >= 0.6 is 0 Å². The van der Waals surface area contributed by atoms with Gasteiger partial charge in [0, 0.05) is 0 Å². The number of aryl methyl sites for hydroxylation is 3. The van der Waals surface area contributed by atoms with Crippen molar-refractivity contribution < 1.29 is 0 Å². The molecule has 4 heterocycles. The predicted octanol–water partition coefficient (Wildman–Crippen LogP) is 1.64. The summed E-state index contributed by atoms with van der Waals surface area (Å²) in [5, 5.41) is 33.6. The smallest absolute Gasteiger partial charge is 0.255 e. The van der Waals surface area contributed by atoms with Crippen LogP contribution in [0, 0.1) is 32.1 Å². The molecule has 0 bridgehead atoms. The average molecular weight is 348 g/mol. The van der Waals surface area contributed by atoms with E-state index >= 15 is 0 Å². The fourth-order valence-corrected chi connectivity index (χ4v) is 2.47. The maximum Gasteiger partial charge on any atom is 0.255 e. The number of azo groups is 1. The first-order chi connectivity index (χ1) is 12.6. The lowest BCUT2D eigenvalue weighted by atomic mass is 10.3. The van der Waals surface area contributed by atoms with Crippen molar-refractivity contribution in [3.8, 4) is 12.0 Å². The van der Waals surface area contributed by atoms with E-state index < -0.39 is 0 Å². The lowest BCUT2D eigenvalue weighted by Crippen LogP contribution is -2.02. The molecule has 0 atom stereocenters. The van der Waals surface area contributed by atoms with Crippen molar-refractivity contribution in [1.29, 1.82) is 5.26 Å². The highest BCUT2D eigenvalue weighted by Crippen LogP contribution is 2.29. The van der Waals surface area contributed by atoms with Gasteiger partial charge in [-0.1, -0.05) is 0 Å². The van der Waals surface area contributed by atoms with E-state index in [0.29, 0.717) is 28.5 Å². The van der Waals surface area contributed by atoms with E-state index in [9.17, 15) is 5.26 Å². The summed E-state index contributed by atoms with van der Waals surface area (Å²) in [5.41, 5.74) is 2.60. The fourth-order valence-electron chi connectivity index (χ4n) is 2.47. The van der Waals surface area contributed by atoms with Gasteiger partial charge in [0.25, 0.3) is 5.95 Å². The van der Waals surface area contributed by atoms with E-state index in [1.807, 2.05) is 13.8 Å². The first kappa shape index (κ1) is 15.5. The third kappa shape index (κ3) is 2.30. The van der Waals surface area contributed by atoms with E-state index in [-0.39, 0.29) is 17.3 Å². The Kier molecular flexibility index (Phi) is 3.47. The van der Waals surface area contributed by atoms with E-state index in [1.54, 1.807) is 11.4 Å². The molecule has 0 amide bonds. The summed E-state index contributed by atoms with van der Waals surface area (Å²) in [6.45, 7) is 5.34. The molecule has 0 unspecified atom stereocenters. The van der Waals surface area contributed by atoms with Crippen molar-refractivity contribution in [1.82, 2.24) is 44.5 Å². The summed E-state index contributed by atoms with van der Waals surface area (Å²) in [6, 6.07) is 2.09. The molecular weight excluding hydrogens is 336 g/mol. The van der Waals surface area contributed by atoms with Crippen LogP contribution in [0.3, 0.4) is 0 Å².